The number of ether oxygens (including phenoxy) is 1. The zero-order chi connectivity index (χ0) is 16.1. The summed E-state index contributed by atoms with van der Waals surface area (Å²) in [5.41, 5.74) is 7.02. The fraction of sp³-hybridized carbons (Fsp3) is 0.188. The van der Waals surface area contributed by atoms with Gasteiger partial charge in [-0.3, -0.25) is 4.79 Å². The van der Waals surface area contributed by atoms with Gasteiger partial charge in [-0.05, 0) is 36.2 Å². The lowest BCUT2D eigenvalue weighted by atomic mass is 10.1. The van der Waals surface area contributed by atoms with Crippen molar-refractivity contribution in [1.29, 1.82) is 0 Å². The maximum absolute atomic E-state index is 10.8. The molecule has 0 fully saturated rings. The number of halogens is 2. The number of rotatable bonds is 6. The van der Waals surface area contributed by atoms with Crippen molar-refractivity contribution in [2.24, 2.45) is 5.73 Å². The molecule has 0 saturated heterocycles. The van der Waals surface area contributed by atoms with Gasteiger partial charge in [-0.15, -0.1) is 0 Å². The highest BCUT2D eigenvalue weighted by atomic mass is 35.5. The van der Waals surface area contributed by atoms with E-state index in [2.05, 4.69) is 0 Å². The van der Waals surface area contributed by atoms with Crippen LogP contribution in [0.1, 0.15) is 11.1 Å². The molecule has 2 rings (SSSR count). The van der Waals surface area contributed by atoms with Crippen molar-refractivity contribution in [3.63, 3.8) is 0 Å². The van der Waals surface area contributed by atoms with Gasteiger partial charge >= 0.3 is 5.97 Å². The largest absolute Gasteiger partial charge is 0.489 e. The van der Waals surface area contributed by atoms with Crippen LogP contribution in [0, 0.1) is 0 Å². The van der Waals surface area contributed by atoms with Crippen molar-refractivity contribution in [3.05, 3.63) is 63.6 Å². The first-order valence-corrected chi connectivity index (χ1v) is 7.36. The summed E-state index contributed by atoms with van der Waals surface area (Å²) in [5, 5.41) is 9.92. The van der Waals surface area contributed by atoms with E-state index < -0.39 is 12.0 Å². The SMILES string of the molecule is N[C@@H](Cc1cccc(OCc2c(Cl)cccc2Cl)c1)C(=O)O. The molecule has 22 heavy (non-hydrogen) atoms. The summed E-state index contributed by atoms with van der Waals surface area (Å²) in [4.78, 5) is 10.8. The topological polar surface area (TPSA) is 72.5 Å². The van der Waals surface area contributed by atoms with E-state index in [1.807, 2.05) is 0 Å². The lowest BCUT2D eigenvalue weighted by Crippen LogP contribution is -2.32. The van der Waals surface area contributed by atoms with Crippen molar-refractivity contribution in [2.75, 3.05) is 0 Å². The molecule has 2 aromatic rings. The predicted molar refractivity (Wildman–Crippen MR) is 86.6 cm³/mol. The minimum absolute atomic E-state index is 0.229. The average molecular weight is 340 g/mol. The van der Waals surface area contributed by atoms with Gasteiger partial charge < -0.3 is 15.6 Å². The van der Waals surface area contributed by atoms with Crippen molar-refractivity contribution in [2.45, 2.75) is 19.1 Å². The standard InChI is InChI=1S/C16H15Cl2NO3/c17-13-5-2-6-14(18)12(13)9-22-11-4-1-3-10(7-11)8-15(19)16(20)21/h1-7,15H,8-9,19H2,(H,20,21)/t15-/m0/s1. The Morgan fingerprint density at radius 3 is 2.45 bits per heavy atom. The van der Waals surface area contributed by atoms with Crippen molar-refractivity contribution in [3.8, 4) is 5.75 Å². The Morgan fingerprint density at radius 2 is 1.82 bits per heavy atom. The van der Waals surface area contributed by atoms with Crippen LogP contribution in [0.15, 0.2) is 42.5 Å². The number of carboxylic acid groups (broad SMARTS) is 1. The summed E-state index contributed by atoms with van der Waals surface area (Å²) in [6, 6.07) is 11.4. The fourth-order valence-corrected chi connectivity index (χ4v) is 2.44. The first-order valence-electron chi connectivity index (χ1n) is 6.60. The number of hydrogen-bond acceptors (Lipinski definition) is 3. The van der Waals surface area contributed by atoms with Crippen LogP contribution in [0.5, 0.6) is 5.75 Å². The number of nitrogens with two attached hydrogens (primary N) is 1. The van der Waals surface area contributed by atoms with E-state index in [1.165, 1.54) is 0 Å². The van der Waals surface area contributed by atoms with E-state index in [0.717, 1.165) is 5.56 Å². The lowest BCUT2D eigenvalue weighted by molar-refractivity contribution is -0.138. The van der Waals surface area contributed by atoms with Crippen LogP contribution in [0.2, 0.25) is 10.0 Å². The van der Waals surface area contributed by atoms with Crippen LogP contribution >= 0.6 is 23.2 Å². The highest BCUT2D eigenvalue weighted by Crippen LogP contribution is 2.26. The molecule has 2 aromatic carbocycles. The van der Waals surface area contributed by atoms with Crippen LogP contribution in [0.25, 0.3) is 0 Å². The van der Waals surface area contributed by atoms with Gasteiger partial charge in [0.2, 0.25) is 0 Å². The predicted octanol–water partition coefficient (Wildman–Crippen LogP) is 3.53. The lowest BCUT2D eigenvalue weighted by Gasteiger charge is -2.11. The summed E-state index contributed by atoms with van der Waals surface area (Å²) in [6.07, 6.45) is 0.235. The Bertz CT molecular complexity index is 656. The number of aliphatic carboxylic acids is 1. The van der Waals surface area contributed by atoms with E-state index in [-0.39, 0.29) is 13.0 Å². The Labute approximate surface area is 138 Å². The third-order valence-electron chi connectivity index (χ3n) is 3.12. The summed E-state index contributed by atoms with van der Waals surface area (Å²) < 4.78 is 5.68. The quantitative estimate of drug-likeness (QED) is 0.844. The number of carbonyl (C=O) groups is 1. The molecule has 0 unspecified atom stereocenters. The van der Waals surface area contributed by atoms with E-state index in [9.17, 15) is 4.79 Å². The molecule has 0 spiro atoms. The Hall–Kier alpha value is -1.75. The molecule has 0 aromatic heterocycles. The smallest absolute Gasteiger partial charge is 0.320 e. The van der Waals surface area contributed by atoms with Crippen LogP contribution in [0.4, 0.5) is 0 Å². The third-order valence-corrected chi connectivity index (χ3v) is 3.82. The molecule has 4 nitrogen and oxygen atoms in total. The second kappa shape index (κ2) is 7.49. The van der Waals surface area contributed by atoms with Crippen LogP contribution < -0.4 is 10.5 Å². The molecule has 0 amide bonds. The summed E-state index contributed by atoms with van der Waals surface area (Å²) in [5.74, 6) is -0.430. The average Bonchev–Trinajstić information content (AvgIpc) is 2.47. The summed E-state index contributed by atoms with van der Waals surface area (Å²) in [7, 11) is 0. The number of hydrogen-bond donors (Lipinski definition) is 2. The van der Waals surface area contributed by atoms with Gasteiger partial charge in [0.25, 0.3) is 0 Å². The molecule has 1 atom stereocenters. The van der Waals surface area contributed by atoms with E-state index in [4.69, 9.17) is 38.8 Å². The second-order valence-electron chi connectivity index (χ2n) is 4.79. The number of benzene rings is 2. The van der Waals surface area contributed by atoms with E-state index in [0.29, 0.717) is 21.4 Å². The third kappa shape index (κ3) is 4.37. The van der Waals surface area contributed by atoms with Crippen molar-refractivity contribution >= 4 is 29.2 Å². The Kier molecular flexibility index (Phi) is 5.66. The van der Waals surface area contributed by atoms with Gasteiger partial charge in [0.05, 0.1) is 0 Å². The van der Waals surface area contributed by atoms with Gasteiger partial charge in [0.1, 0.15) is 18.4 Å². The molecular formula is C16H15Cl2NO3. The van der Waals surface area contributed by atoms with Crippen molar-refractivity contribution in [1.82, 2.24) is 0 Å². The van der Waals surface area contributed by atoms with Gasteiger partial charge in [-0.1, -0.05) is 41.4 Å². The summed E-state index contributed by atoms with van der Waals surface area (Å²) in [6.45, 7) is 0.229. The molecule has 116 valence electrons. The molecule has 6 heteroatoms. The molecule has 0 bridgehead atoms. The zero-order valence-electron chi connectivity index (χ0n) is 11.6. The van der Waals surface area contributed by atoms with Crippen LogP contribution in [-0.2, 0) is 17.8 Å². The highest BCUT2D eigenvalue weighted by molar-refractivity contribution is 6.35. The molecular weight excluding hydrogens is 325 g/mol. The second-order valence-corrected chi connectivity index (χ2v) is 5.60. The molecule has 0 aliphatic carbocycles. The molecule has 0 aliphatic heterocycles. The van der Waals surface area contributed by atoms with Gasteiger partial charge in [0.15, 0.2) is 0 Å². The zero-order valence-corrected chi connectivity index (χ0v) is 13.1. The molecule has 0 heterocycles. The van der Waals surface area contributed by atoms with E-state index in [1.54, 1.807) is 42.5 Å². The maximum Gasteiger partial charge on any atom is 0.320 e. The molecule has 0 aliphatic rings. The number of carboxylic acids is 1. The fourth-order valence-electron chi connectivity index (χ4n) is 1.93. The molecule has 0 saturated carbocycles. The van der Waals surface area contributed by atoms with Gasteiger partial charge in [-0.2, -0.15) is 0 Å². The minimum atomic E-state index is -1.03. The van der Waals surface area contributed by atoms with Crippen LogP contribution in [0.3, 0.4) is 0 Å². The minimum Gasteiger partial charge on any atom is -0.489 e. The van der Waals surface area contributed by atoms with Crippen LogP contribution in [-0.4, -0.2) is 17.1 Å². The van der Waals surface area contributed by atoms with Gasteiger partial charge in [-0.25, -0.2) is 0 Å². The first-order chi connectivity index (χ1) is 10.5. The first kappa shape index (κ1) is 16.6. The monoisotopic (exact) mass is 339 g/mol. The Morgan fingerprint density at radius 1 is 1.18 bits per heavy atom. The molecule has 0 radical (unpaired) electrons. The van der Waals surface area contributed by atoms with Gasteiger partial charge in [0, 0.05) is 15.6 Å². The molecule has 3 N–H and O–H groups in total. The highest BCUT2D eigenvalue weighted by Gasteiger charge is 2.12. The van der Waals surface area contributed by atoms with E-state index >= 15 is 0 Å². The summed E-state index contributed by atoms with van der Waals surface area (Å²) >= 11 is 12.2. The normalized spacial score (nSPS) is 12.0. The Balaban J connectivity index is 2.06. The maximum atomic E-state index is 10.8. The van der Waals surface area contributed by atoms with Crippen molar-refractivity contribution < 1.29 is 14.6 Å².